The van der Waals surface area contributed by atoms with Crippen molar-refractivity contribution in [1.29, 1.82) is 0 Å². The molecule has 0 unspecified atom stereocenters. The van der Waals surface area contributed by atoms with Crippen LogP contribution in [0.5, 0.6) is 5.75 Å². The first-order valence-corrected chi connectivity index (χ1v) is 6.66. The zero-order valence-corrected chi connectivity index (χ0v) is 10.7. The fraction of sp³-hybridized carbons (Fsp3) is 0.500. The Morgan fingerprint density at radius 3 is 2.94 bits per heavy atom. The Balaban J connectivity index is 1.84. The molecule has 0 aromatic heterocycles. The minimum atomic E-state index is 0.818. The normalized spacial score (nSPS) is 14.6. The number of allylic oxidation sites excluding steroid dienone is 1. The van der Waals surface area contributed by atoms with Gasteiger partial charge in [0.1, 0.15) is 5.75 Å². The molecule has 1 saturated carbocycles. The molecule has 0 amide bonds. The third-order valence-corrected chi connectivity index (χ3v) is 3.35. The number of hydrogen-bond acceptors (Lipinski definition) is 1. The molecule has 0 spiro atoms. The van der Waals surface area contributed by atoms with Gasteiger partial charge in [-0.25, -0.2) is 0 Å². The highest BCUT2D eigenvalue weighted by atomic mass is 16.5. The Hall–Kier alpha value is -1.24. The van der Waals surface area contributed by atoms with E-state index in [1.54, 1.807) is 0 Å². The van der Waals surface area contributed by atoms with Gasteiger partial charge < -0.3 is 4.74 Å². The molecule has 17 heavy (non-hydrogen) atoms. The van der Waals surface area contributed by atoms with Gasteiger partial charge >= 0.3 is 0 Å². The number of hydrogen-bond donors (Lipinski definition) is 0. The Kier molecular flexibility index (Phi) is 4.24. The smallest absolute Gasteiger partial charge is 0.119 e. The lowest BCUT2D eigenvalue weighted by Gasteiger charge is -2.08. The highest BCUT2D eigenvalue weighted by Gasteiger charge is 2.21. The van der Waals surface area contributed by atoms with Gasteiger partial charge in [0.2, 0.25) is 0 Å². The molecule has 92 valence electrons. The number of benzene rings is 1. The molecule has 1 fully saturated rings. The molecule has 0 heterocycles. The van der Waals surface area contributed by atoms with Gasteiger partial charge in [0.25, 0.3) is 0 Å². The lowest BCUT2D eigenvalue weighted by molar-refractivity contribution is 0.299. The summed E-state index contributed by atoms with van der Waals surface area (Å²) in [7, 11) is 0. The first-order valence-electron chi connectivity index (χ1n) is 6.66. The minimum absolute atomic E-state index is 0.818. The summed E-state index contributed by atoms with van der Waals surface area (Å²) in [5.41, 5.74) is 2.68. The molecule has 1 aromatic rings. The van der Waals surface area contributed by atoms with Crippen molar-refractivity contribution in [1.82, 2.24) is 0 Å². The van der Waals surface area contributed by atoms with Crippen molar-refractivity contribution in [2.75, 3.05) is 6.61 Å². The van der Waals surface area contributed by atoms with Crippen LogP contribution in [0, 0.1) is 5.92 Å². The highest BCUT2D eigenvalue weighted by molar-refractivity contribution is 5.29. The summed E-state index contributed by atoms with van der Waals surface area (Å²) in [6.45, 7) is 7.11. The number of aryl methyl sites for hydroxylation is 1. The van der Waals surface area contributed by atoms with Crippen molar-refractivity contribution >= 4 is 0 Å². The number of ether oxygens (including phenoxy) is 1. The molecule has 0 saturated heterocycles. The first-order chi connectivity index (χ1) is 8.28. The van der Waals surface area contributed by atoms with Crippen LogP contribution in [-0.4, -0.2) is 6.61 Å². The maximum atomic E-state index is 5.78. The van der Waals surface area contributed by atoms with Crippen molar-refractivity contribution in [3.05, 3.63) is 42.0 Å². The monoisotopic (exact) mass is 230 g/mol. The highest BCUT2D eigenvalue weighted by Crippen LogP contribution is 2.29. The third-order valence-electron chi connectivity index (χ3n) is 3.35. The molecule has 0 bridgehead atoms. The Labute approximate surface area is 104 Å². The maximum absolute atomic E-state index is 5.78. The van der Waals surface area contributed by atoms with Gasteiger partial charge in [-0.15, -0.1) is 0 Å². The van der Waals surface area contributed by atoms with E-state index in [-0.39, 0.29) is 0 Å². The Bertz CT molecular complexity index is 377. The molecule has 0 atom stereocenters. The van der Waals surface area contributed by atoms with Crippen LogP contribution in [0.15, 0.2) is 36.4 Å². The second kappa shape index (κ2) is 5.90. The molecule has 1 aliphatic carbocycles. The fourth-order valence-electron chi connectivity index (χ4n) is 1.79. The van der Waals surface area contributed by atoms with Crippen LogP contribution in [0.25, 0.3) is 0 Å². The summed E-state index contributed by atoms with van der Waals surface area (Å²) in [6.07, 6.45) is 5.93. The molecule has 0 N–H and O–H groups in total. The average Bonchev–Trinajstić information content (AvgIpc) is 3.18. The van der Waals surface area contributed by atoms with Gasteiger partial charge in [-0.3, -0.25) is 0 Å². The summed E-state index contributed by atoms with van der Waals surface area (Å²) >= 11 is 0. The quantitative estimate of drug-likeness (QED) is 0.632. The van der Waals surface area contributed by atoms with Gasteiger partial charge in [0, 0.05) is 0 Å². The summed E-state index contributed by atoms with van der Waals surface area (Å²) in [6, 6.07) is 8.49. The van der Waals surface area contributed by atoms with Crippen LogP contribution in [-0.2, 0) is 6.42 Å². The lowest BCUT2D eigenvalue weighted by atomic mass is 10.0. The van der Waals surface area contributed by atoms with E-state index in [9.17, 15) is 0 Å². The second-order valence-corrected chi connectivity index (χ2v) is 5.01. The molecule has 1 aromatic carbocycles. The van der Waals surface area contributed by atoms with Crippen molar-refractivity contribution in [2.45, 2.75) is 39.0 Å². The van der Waals surface area contributed by atoms with Gasteiger partial charge in [0.05, 0.1) is 6.61 Å². The largest absolute Gasteiger partial charge is 0.493 e. The second-order valence-electron chi connectivity index (χ2n) is 5.01. The van der Waals surface area contributed by atoms with Crippen LogP contribution in [0.3, 0.4) is 0 Å². The molecule has 0 aliphatic heterocycles. The summed E-state index contributed by atoms with van der Waals surface area (Å²) in [5.74, 6) is 1.84. The maximum Gasteiger partial charge on any atom is 0.119 e. The van der Waals surface area contributed by atoms with Crippen LogP contribution in [0.1, 0.15) is 38.2 Å². The topological polar surface area (TPSA) is 9.23 Å². The Morgan fingerprint density at radius 1 is 1.41 bits per heavy atom. The fourth-order valence-corrected chi connectivity index (χ4v) is 1.79. The van der Waals surface area contributed by atoms with Gasteiger partial charge in [-0.2, -0.15) is 0 Å². The summed E-state index contributed by atoms with van der Waals surface area (Å²) in [5, 5.41) is 0. The van der Waals surface area contributed by atoms with Crippen LogP contribution in [0.2, 0.25) is 0 Å². The van der Waals surface area contributed by atoms with E-state index < -0.39 is 0 Å². The van der Waals surface area contributed by atoms with Crippen LogP contribution >= 0.6 is 0 Å². The SMILES string of the molecule is C=C(CC)CCc1cccc(OCC2CC2)c1. The van der Waals surface area contributed by atoms with Gasteiger partial charge in [-0.1, -0.05) is 31.2 Å². The predicted octanol–water partition coefficient (Wildman–Crippen LogP) is 4.37. The van der Waals surface area contributed by atoms with E-state index in [0.29, 0.717) is 0 Å². The van der Waals surface area contributed by atoms with E-state index in [1.165, 1.54) is 24.0 Å². The number of rotatable bonds is 7. The van der Waals surface area contributed by atoms with Crippen molar-refractivity contribution in [3.63, 3.8) is 0 Å². The van der Waals surface area contributed by atoms with E-state index in [1.807, 2.05) is 0 Å². The predicted molar refractivity (Wildman–Crippen MR) is 72.4 cm³/mol. The van der Waals surface area contributed by atoms with E-state index in [0.717, 1.165) is 37.5 Å². The van der Waals surface area contributed by atoms with Crippen molar-refractivity contribution in [3.8, 4) is 5.75 Å². The lowest BCUT2D eigenvalue weighted by Crippen LogP contribution is -1.99. The minimum Gasteiger partial charge on any atom is -0.493 e. The molecule has 1 nitrogen and oxygen atoms in total. The molecular weight excluding hydrogens is 208 g/mol. The molecule has 2 rings (SSSR count). The summed E-state index contributed by atoms with van der Waals surface area (Å²) < 4.78 is 5.78. The molecule has 1 aliphatic rings. The van der Waals surface area contributed by atoms with Crippen LogP contribution < -0.4 is 4.74 Å². The molecular formula is C16H22O. The zero-order valence-electron chi connectivity index (χ0n) is 10.7. The van der Waals surface area contributed by atoms with Gasteiger partial charge in [-0.05, 0) is 55.7 Å². The first kappa shape index (κ1) is 12.2. The van der Waals surface area contributed by atoms with E-state index in [4.69, 9.17) is 4.74 Å². The van der Waals surface area contributed by atoms with E-state index in [2.05, 4.69) is 37.8 Å². The van der Waals surface area contributed by atoms with Crippen molar-refractivity contribution < 1.29 is 4.74 Å². The van der Waals surface area contributed by atoms with E-state index >= 15 is 0 Å². The molecule has 0 radical (unpaired) electrons. The van der Waals surface area contributed by atoms with Crippen LogP contribution in [0.4, 0.5) is 0 Å². The third kappa shape index (κ3) is 4.26. The Morgan fingerprint density at radius 2 is 2.24 bits per heavy atom. The average molecular weight is 230 g/mol. The summed E-state index contributed by atoms with van der Waals surface area (Å²) in [4.78, 5) is 0. The van der Waals surface area contributed by atoms with Crippen molar-refractivity contribution in [2.24, 2.45) is 5.92 Å². The standard InChI is InChI=1S/C16H22O/c1-3-13(2)7-8-14-5-4-6-16(11-14)17-12-15-9-10-15/h4-6,11,15H,2-3,7-10,12H2,1H3. The van der Waals surface area contributed by atoms with Gasteiger partial charge in [0.15, 0.2) is 0 Å². The molecule has 1 heteroatoms. The zero-order chi connectivity index (χ0) is 12.1.